The number of esters is 1. The van der Waals surface area contributed by atoms with Crippen molar-refractivity contribution >= 4 is 24.6 Å². The van der Waals surface area contributed by atoms with Gasteiger partial charge in [0.25, 0.3) is 0 Å². The van der Waals surface area contributed by atoms with E-state index in [1.165, 1.54) is 0 Å². The summed E-state index contributed by atoms with van der Waals surface area (Å²) in [6.07, 6.45) is 0.0731. The third-order valence-corrected chi connectivity index (χ3v) is 8.12. The molecule has 4 aromatic carbocycles. The summed E-state index contributed by atoms with van der Waals surface area (Å²) >= 11 is 0. The molecular weight excluding hydrogens is 530 g/mol. The molecule has 1 amide bonds. The Morgan fingerprint density at radius 2 is 1.05 bits per heavy atom. The average Bonchev–Trinajstić information content (AvgIpc) is 3.53. The number of aldehydes is 2. The standard InChI is InChI=1S/C35H29NO6/c37-19-9-18-36(35(40)42-22-32-29-16-7-3-12-25(29)26-13-4-8-17-30(26)32)33(20-38)34(39)41-21-31-27-14-5-1-10-23(27)24-11-2-6-15-28(24)31/h1-8,10-17,19-20,31-33H,9,18,21-22H2. The van der Waals surface area contributed by atoms with Gasteiger partial charge in [-0.05, 0) is 44.5 Å². The summed E-state index contributed by atoms with van der Waals surface area (Å²) in [6, 6.07) is 30.2. The van der Waals surface area contributed by atoms with Gasteiger partial charge >= 0.3 is 12.1 Å². The molecule has 0 bridgehead atoms. The first-order valence-corrected chi connectivity index (χ1v) is 14.0. The smallest absolute Gasteiger partial charge is 0.410 e. The summed E-state index contributed by atoms with van der Waals surface area (Å²) in [7, 11) is 0. The molecule has 2 aliphatic rings. The van der Waals surface area contributed by atoms with E-state index in [0.29, 0.717) is 12.6 Å². The van der Waals surface area contributed by atoms with Crippen molar-refractivity contribution in [2.45, 2.75) is 24.3 Å². The number of amides is 1. The maximum absolute atomic E-state index is 13.3. The third-order valence-electron chi connectivity index (χ3n) is 8.12. The summed E-state index contributed by atoms with van der Waals surface area (Å²) in [6.45, 7) is -0.141. The molecule has 0 saturated heterocycles. The molecule has 6 rings (SSSR count). The highest BCUT2D eigenvalue weighted by atomic mass is 16.6. The topological polar surface area (TPSA) is 90.0 Å². The predicted molar refractivity (Wildman–Crippen MR) is 157 cm³/mol. The van der Waals surface area contributed by atoms with Crippen LogP contribution in [0.25, 0.3) is 22.3 Å². The van der Waals surface area contributed by atoms with Gasteiger partial charge in [-0.1, -0.05) is 97.1 Å². The van der Waals surface area contributed by atoms with E-state index in [1.807, 2.05) is 97.1 Å². The zero-order valence-electron chi connectivity index (χ0n) is 22.8. The summed E-state index contributed by atoms with van der Waals surface area (Å²) in [5, 5.41) is 0. The van der Waals surface area contributed by atoms with Gasteiger partial charge in [-0.25, -0.2) is 9.59 Å². The van der Waals surface area contributed by atoms with E-state index < -0.39 is 18.1 Å². The molecule has 1 unspecified atom stereocenters. The molecule has 4 aromatic rings. The lowest BCUT2D eigenvalue weighted by molar-refractivity contribution is -0.151. The highest BCUT2D eigenvalue weighted by molar-refractivity contribution is 5.95. The van der Waals surface area contributed by atoms with E-state index in [9.17, 15) is 19.2 Å². The van der Waals surface area contributed by atoms with E-state index in [2.05, 4.69) is 0 Å². The van der Waals surface area contributed by atoms with Crippen LogP contribution in [0.1, 0.15) is 40.5 Å². The first-order valence-electron chi connectivity index (χ1n) is 14.0. The largest absolute Gasteiger partial charge is 0.463 e. The van der Waals surface area contributed by atoms with Crippen LogP contribution >= 0.6 is 0 Å². The van der Waals surface area contributed by atoms with E-state index in [4.69, 9.17) is 9.47 Å². The molecule has 0 saturated carbocycles. The SMILES string of the molecule is O=CCCN(C(=O)OCC1c2ccccc2-c2ccccc21)C(C=O)C(=O)OCC1c2ccccc2-c2ccccc21. The van der Waals surface area contributed by atoms with Crippen molar-refractivity contribution in [2.75, 3.05) is 19.8 Å². The highest BCUT2D eigenvalue weighted by Gasteiger charge is 2.36. The molecule has 0 fully saturated rings. The van der Waals surface area contributed by atoms with Gasteiger partial charge in [0.15, 0.2) is 12.3 Å². The lowest BCUT2D eigenvalue weighted by Crippen LogP contribution is -2.48. The second-order valence-electron chi connectivity index (χ2n) is 10.4. The van der Waals surface area contributed by atoms with Crippen molar-refractivity contribution < 1.29 is 28.7 Å². The highest BCUT2D eigenvalue weighted by Crippen LogP contribution is 2.45. The Morgan fingerprint density at radius 3 is 1.45 bits per heavy atom. The summed E-state index contributed by atoms with van der Waals surface area (Å²) < 4.78 is 11.4. The summed E-state index contributed by atoms with van der Waals surface area (Å²) in [4.78, 5) is 51.0. The summed E-state index contributed by atoms with van der Waals surface area (Å²) in [5.74, 6) is -1.27. The Hall–Kier alpha value is -5.04. The quantitative estimate of drug-likeness (QED) is 0.140. The molecule has 7 nitrogen and oxygen atoms in total. The third kappa shape index (κ3) is 4.87. The lowest BCUT2D eigenvalue weighted by atomic mass is 9.98. The van der Waals surface area contributed by atoms with Gasteiger partial charge in [-0.2, -0.15) is 0 Å². The van der Waals surface area contributed by atoms with E-state index in [0.717, 1.165) is 49.4 Å². The van der Waals surface area contributed by atoms with Crippen molar-refractivity contribution in [3.8, 4) is 22.3 Å². The maximum Gasteiger partial charge on any atom is 0.410 e. The van der Waals surface area contributed by atoms with Crippen LogP contribution in [-0.2, 0) is 23.9 Å². The van der Waals surface area contributed by atoms with Gasteiger partial charge < -0.3 is 19.1 Å². The Balaban J connectivity index is 1.17. The number of nitrogens with zero attached hydrogens (tertiary/aromatic N) is 1. The van der Waals surface area contributed by atoms with Crippen molar-refractivity contribution in [1.82, 2.24) is 4.90 Å². The molecular formula is C35H29NO6. The normalized spacial score (nSPS) is 13.7. The molecule has 0 radical (unpaired) electrons. The zero-order valence-corrected chi connectivity index (χ0v) is 22.8. The fourth-order valence-electron chi connectivity index (χ4n) is 6.16. The number of rotatable bonds is 10. The molecule has 1 atom stereocenters. The molecule has 0 aliphatic heterocycles. The maximum atomic E-state index is 13.3. The second kappa shape index (κ2) is 11.8. The lowest BCUT2D eigenvalue weighted by Gasteiger charge is -2.27. The molecule has 42 heavy (non-hydrogen) atoms. The van der Waals surface area contributed by atoms with Crippen LogP contribution in [-0.4, -0.2) is 55.3 Å². The van der Waals surface area contributed by atoms with Crippen LogP contribution in [0.3, 0.4) is 0 Å². The van der Waals surface area contributed by atoms with E-state index >= 15 is 0 Å². The molecule has 210 valence electrons. The van der Waals surface area contributed by atoms with Crippen molar-refractivity contribution in [3.63, 3.8) is 0 Å². The van der Waals surface area contributed by atoms with Crippen LogP contribution in [0.15, 0.2) is 97.1 Å². The number of carbonyl (C=O) groups excluding carboxylic acids is 4. The van der Waals surface area contributed by atoms with Crippen molar-refractivity contribution in [1.29, 1.82) is 0 Å². The summed E-state index contributed by atoms with van der Waals surface area (Å²) in [5.41, 5.74) is 8.45. The van der Waals surface area contributed by atoms with E-state index in [1.54, 1.807) is 0 Å². The van der Waals surface area contributed by atoms with Gasteiger partial charge in [0.05, 0.1) is 0 Å². The Kier molecular flexibility index (Phi) is 7.64. The fraction of sp³-hybridized carbons (Fsp3) is 0.200. The van der Waals surface area contributed by atoms with Gasteiger partial charge in [0.1, 0.15) is 19.5 Å². The van der Waals surface area contributed by atoms with Gasteiger partial charge in [-0.3, -0.25) is 4.90 Å². The molecule has 7 heteroatoms. The predicted octanol–water partition coefficient (Wildman–Crippen LogP) is 5.75. The number of hydrogen-bond acceptors (Lipinski definition) is 6. The van der Waals surface area contributed by atoms with Crippen LogP contribution in [0.5, 0.6) is 0 Å². The number of carbonyl (C=O) groups is 4. The Bertz CT molecular complexity index is 1570. The molecule has 0 N–H and O–H groups in total. The Morgan fingerprint density at radius 1 is 0.643 bits per heavy atom. The Labute approximate surface area is 243 Å². The monoisotopic (exact) mass is 559 g/mol. The van der Waals surface area contributed by atoms with Crippen molar-refractivity contribution in [3.05, 3.63) is 119 Å². The van der Waals surface area contributed by atoms with Crippen LogP contribution in [0, 0.1) is 0 Å². The zero-order chi connectivity index (χ0) is 29.1. The second-order valence-corrected chi connectivity index (χ2v) is 10.4. The van der Waals surface area contributed by atoms with Gasteiger partial charge in [0, 0.05) is 24.8 Å². The number of benzene rings is 4. The minimum atomic E-state index is -1.55. The number of ether oxygens (including phenoxy) is 2. The van der Waals surface area contributed by atoms with Crippen molar-refractivity contribution in [2.24, 2.45) is 0 Å². The van der Waals surface area contributed by atoms with Gasteiger partial charge in [-0.15, -0.1) is 0 Å². The fourth-order valence-corrected chi connectivity index (χ4v) is 6.16. The molecule has 0 aromatic heterocycles. The van der Waals surface area contributed by atoms with Gasteiger partial charge in [0.2, 0.25) is 0 Å². The molecule has 0 heterocycles. The molecule has 0 spiro atoms. The number of hydrogen-bond donors (Lipinski definition) is 0. The average molecular weight is 560 g/mol. The minimum absolute atomic E-state index is 0.00338. The minimum Gasteiger partial charge on any atom is -0.463 e. The number of fused-ring (bicyclic) bond motifs is 6. The first kappa shape index (κ1) is 27.1. The van der Waals surface area contributed by atoms with E-state index in [-0.39, 0.29) is 38.0 Å². The first-order chi connectivity index (χ1) is 20.6. The van der Waals surface area contributed by atoms with Crippen LogP contribution in [0.2, 0.25) is 0 Å². The molecule has 2 aliphatic carbocycles. The van der Waals surface area contributed by atoms with Crippen LogP contribution < -0.4 is 0 Å². The van der Waals surface area contributed by atoms with Crippen LogP contribution in [0.4, 0.5) is 4.79 Å².